The number of hydrogen-bond acceptors (Lipinski definition) is 5. The fourth-order valence-corrected chi connectivity index (χ4v) is 2.03. The predicted molar refractivity (Wildman–Crippen MR) is 76.7 cm³/mol. The van der Waals surface area contributed by atoms with Crippen LogP contribution >= 0.6 is 0 Å². The molecular formula is C15H13FN4O2. The van der Waals surface area contributed by atoms with Crippen molar-refractivity contribution in [2.75, 3.05) is 6.61 Å². The number of carbonyl (C=O) groups excluding carboxylic acids is 1. The number of aromatic nitrogens is 4. The number of ether oxygens (including phenoxy) is 1. The summed E-state index contributed by atoms with van der Waals surface area (Å²) in [6, 6.07) is 7.67. The van der Waals surface area contributed by atoms with E-state index < -0.39 is 5.97 Å². The van der Waals surface area contributed by atoms with Gasteiger partial charge in [-0.05, 0) is 23.8 Å². The summed E-state index contributed by atoms with van der Waals surface area (Å²) in [6.45, 7) is 0.211. The SMILES string of the molecule is Cn1nnc2cc(C(=O)OCCc3ccc(F)cc3)cnc21. The molecule has 0 spiro atoms. The molecule has 0 saturated heterocycles. The molecule has 0 saturated carbocycles. The highest BCUT2D eigenvalue weighted by Crippen LogP contribution is 2.10. The second-order valence-corrected chi connectivity index (χ2v) is 4.79. The normalized spacial score (nSPS) is 10.8. The maximum absolute atomic E-state index is 12.8. The Kier molecular flexibility index (Phi) is 3.78. The minimum absolute atomic E-state index is 0.211. The number of halogens is 1. The maximum Gasteiger partial charge on any atom is 0.339 e. The van der Waals surface area contributed by atoms with Crippen LogP contribution in [0, 0.1) is 5.82 Å². The molecule has 0 fully saturated rings. The van der Waals surface area contributed by atoms with Crippen molar-refractivity contribution in [3.05, 3.63) is 53.5 Å². The maximum atomic E-state index is 12.8. The van der Waals surface area contributed by atoms with E-state index in [2.05, 4.69) is 15.3 Å². The number of benzene rings is 1. The summed E-state index contributed by atoms with van der Waals surface area (Å²) in [6.07, 6.45) is 1.96. The molecule has 0 bridgehead atoms. The molecule has 0 unspecified atom stereocenters. The van der Waals surface area contributed by atoms with Crippen LogP contribution in [0.3, 0.4) is 0 Å². The van der Waals surface area contributed by atoms with Crippen molar-refractivity contribution in [3.8, 4) is 0 Å². The van der Waals surface area contributed by atoms with Crippen LogP contribution in [0.2, 0.25) is 0 Å². The number of carbonyl (C=O) groups is 1. The molecular weight excluding hydrogens is 287 g/mol. The molecule has 0 radical (unpaired) electrons. The van der Waals surface area contributed by atoms with Gasteiger partial charge in [0.15, 0.2) is 5.65 Å². The summed E-state index contributed by atoms with van der Waals surface area (Å²) in [4.78, 5) is 16.1. The van der Waals surface area contributed by atoms with Crippen molar-refractivity contribution >= 4 is 17.1 Å². The Hall–Kier alpha value is -2.83. The number of nitrogens with zero attached hydrogens (tertiary/aromatic N) is 4. The zero-order valence-corrected chi connectivity index (χ0v) is 11.9. The van der Waals surface area contributed by atoms with Gasteiger partial charge in [-0.25, -0.2) is 18.9 Å². The summed E-state index contributed by atoms with van der Waals surface area (Å²) >= 11 is 0. The Balaban J connectivity index is 1.62. The Morgan fingerprint density at radius 3 is 2.86 bits per heavy atom. The number of pyridine rings is 1. The van der Waals surface area contributed by atoms with Crippen LogP contribution in [0.15, 0.2) is 36.5 Å². The van der Waals surface area contributed by atoms with Crippen LogP contribution in [0.25, 0.3) is 11.2 Å². The molecule has 0 atom stereocenters. The Labute approximate surface area is 125 Å². The second-order valence-electron chi connectivity index (χ2n) is 4.79. The van der Waals surface area contributed by atoms with E-state index in [1.54, 1.807) is 25.2 Å². The number of rotatable bonds is 4. The lowest BCUT2D eigenvalue weighted by atomic mass is 10.2. The number of hydrogen-bond donors (Lipinski definition) is 0. The number of aryl methyl sites for hydroxylation is 1. The first-order chi connectivity index (χ1) is 10.6. The topological polar surface area (TPSA) is 69.9 Å². The van der Waals surface area contributed by atoms with Crippen LogP contribution in [0.4, 0.5) is 4.39 Å². The first-order valence-corrected chi connectivity index (χ1v) is 6.70. The van der Waals surface area contributed by atoms with E-state index in [-0.39, 0.29) is 12.4 Å². The average molecular weight is 300 g/mol. The van der Waals surface area contributed by atoms with Gasteiger partial charge in [-0.1, -0.05) is 17.3 Å². The monoisotopic (exact) mass is 300 g/mol. The summed E-state index contributed by atoms with van der Waals surface area (Å²) < 4.78 is 19.5. The number of esters is 1. The van der Waals surface area contributed by atoms with Crippen molar-refractivity contribution in [2.24, 2.45) is 7.05 Å². The van der Waals surface area contributed by atoms with Crippen LogP contribution in [-0.2, 0) is 18.2 Å². The molecule has 22 heavy (non-hydrogen) atoms. The van der Waals surface area contributed by atoms with E-state index >= 15 is 0 Å². The van der Waals surface area contributed by atoms with Crippen LogP contribution < -0.4 is 0 Å². The lowest BCUT2D eigenvalue weighted by Gasteiger charge is -2.05. The lowest BCUT2D eigenvalue weighted by molar-refractivity contribution is 0.0509. The van der Waals surface area contributed by atoms with Crippen LogP contribution in [0.1, 0.15) is 15.9 Å². The molecule has 112 valence electrons. The van der Waals surface area contributed by atoms with Crippen LogP contribution in [-0.4, -0.2) is 32.6 Å². The molecule has 0 aliphatic heterocycles. The fourth-order valence-electron chi connectivity index (χ4n) is 2.03. The highest BCUT2D eigenvalue weighted by Gasteiger charge is 2.11. The average Bonchev–Trinajstić information content (AvgIpc) is 2.90. The Bertz CT molecular complexity index is 814. The molecule has 0 aliphatic rings. The van der Waals surface area contributed by atoms with E-state index in [1.165, 1.54) is 23.0 Å². The molecule has 3 rings (SSSR count). The van der Waals surface area contributed by atoms with Gasteiger partial charge >= 0.3 is 5.97 Å². The van der Waals surface area contributed by atoms with E-state index in [4.69, 9.17) is 4.74 Å². The molecule has 0 N–H and O–H groups in total. The largest absolute Gasteiger partial charge is 0.462 e. The van der Waals surface area contributed by atoms with Gasteiger partial charge in [-0.2, -0.15) is 0 Å². The summed E-state index contributed by atoms with van der Waals surface area (Å²) in [7, 11) is 1.73. The molecule has 3 aromatic rings. The summed E-state index contributed by atoms with van der Waals surface area (Å²) in [5, 5.41) is 7.73. The van der Waals surface area contributed by atoms with Crippen LogP contribution in [0.5, 0.6) is 0 Å². The first kappa shape index (κ1) is 14.1. The van der Waals surface area contributed by atoms with Gasteiger partial charge in [-0.15, -0.1) is 5.10 Å². The minimum Gasteiger partial charge on any atom is -0.462 e. The van der Waals surface area contributed by atoms with E-state index in [9.17, 15) is 9.18 Å². The highest BCUT2D eigenvalue weighted by atomic mass is 19.1. The van der Waals surface area contributed by atoms with E-state index in [0.717, 1.165) is 5.56 Å². The van der Waals surface area contributed by atoms with Gasteiger partial charge in [0.05, 0.1) is 12.2 Å². The van der Waals surface area contributed by atoms with Gasteiger partial charge in [0.2, 0.25) is 0 Å². The predicted octanol–water partition coefficient (Wildman–Crippen LogP) is 1.90. The quantitative estimate of drug-likeness (QED) is 0.688. The smallest absolute Gasteiger partial charge is 0.339 e. The molecule has 7 heteroatoms. The first-order valence-electron chi connectivity index (χ1n) is 6.70. The van der Waals surface area contributed by atoms with Crippen molar-refractivity contribution in [2.45, 2.75) is 6.42 Å². The van der Waals surface area contributed by atoms with Gasteiger partial charge < -0.3 is 4.74 Å². The Morgan fingerprint density at radius 2 is 2.09 bits per heavy atom. The van der Waals surface area contributed by atoms with Gasteiger partial charge in [-0.3, -0.25) is 0 Å². The highest BCUT2D eigenvalue weighted by molar-refractivity contribution is 5.92. The van der Waals surface area contributed by atoms with Gasteiger partial charge in [0.25, 0.3) is 0 Å². The van der Waals surface area contributed by atoms with E-state index in [0.29, 0.717) is 23.1 Å². The van der Waals surface area contributed by atoms with Crippen molar-refractivity contribution < 1.29 is 13.9 Å². The summed E-state index contributed by atoms with van der Waals surface area (Å²) in [5.41, 5.74) is 2.36. The standard InChI is InChI=1S/C15H13FN4O2/c1-20-14-13(18-19-20)8-11(9-17-14)15(21)22-7-6-10-2-4-12(16)5-3-10/h2-5,8-9H,6-7H2,1H3. The van der Waals surface area contributed by atoms with Gasteiger partial charge in [0.1, 0.15) is 11.3 Å². The lowest BCUT2D eigenvalue weighted by Crippen LogP contribution is -2.08. The molecule has 6 nitrogen and oxygen atoms in total. The number of fused-ring (bicyclic) bond motifs is 1. The molecule has 2 heterocycles. The molecule has 1 aromatic carbocycles. The fraction of sp³-hybridized carbons (Fsp3) is 0.200. The molecule has 0 aliphatic carbocycles. The molecule has 2 aromatic heterocycles. The second kappa shape index (κ2) is 5.88. The van der Waals surface area contributed by atoms with Crippen molar-refractivity contribution in [1.82, 2.24) is 20.0 Å². The zero-order valence-electron chi connectivity index (χ0n) is 11.9. The third-order valence-electron chi connectivity index (χ3n) is 3.21. The minimum atomic E-state index is -0.470. The summed E-state index contributed by atoms with van der Waals surface area (Å²) in [5.74, 6) is -0.758. The third kappa shape index (κ3) is 2.93. The molecule has 0 amide bonds. The third-order valence-corrected chi connectivity index (χ3v) is 3.21. The van der Waals surface area contributed by atoms with Crippen molar-refractivity contribution in [3.63, 3.8) is 0 Å². The van der Waals surface area contributed by atoms with E-state index in [1.807, 2.05) is 0 Å². The van der Waals surface area contributed by atoms with Crippen molar-refractivity contribution in [1.29, 1.82) is 0 Å². The van der Waals surface area contributed by atoms with Gasteiger partial charge in [0, 0.05) is 19.7 Å². The zero-order chi connectivity index (χ0) is 15.5. The Morgan fingerprint density at radius 1 is 1.32 bits per heavy atom.